The van der Waals surface area contributed by atoms with Gasteiger partial charge >= 0.3 is 0 Å². The van der Waals surface area contributed by atoms with Gasteiger partial charge in [0.05, 0.1) is 19.1 Å². The van der Waals surface area contributed by atoms with Gasteiger partial charge in [-0.2, -0.15) is 0 Å². The van der Waals surface area contributed by atoms with Gasteiger partial charge in [0, 0.05) is 11.4 Å². The van der Waals surface area contributed by atoms with Crippen LogP contribution in [0, 0.1) is 0 Å². The molecule has 0 aliphatic heterocycles. The molecule has 2 aromatic rings. The lowest BCUT2D eigenvalue weighted by Gasteiger charge is -2.22. The van der Waals surface area contributed by atoms with Crippen LogP contribution in [0.3, 0.4) is 0 Å². The molecule has 2 rings (SSSR count). The maximum absolute atomic E-state index is 12.3. The van der Waals surface area contributed by atoms with Crippen molar-refractivity contribution in [1.82, 2.24) is 4.90 Å². The second-order valence-corrected chi connectivity index (χ2v) is 5.65. The second kappa shape index (κ2) is 7.22. The van der Waals surface area contributed by atoms with Gasteiger partial charge in [0.15, 0.2) is 0 Å². The maximum Gasteiger partial charge on any atom is 0.225 e. The van der Waals surface area contributed by atoms with E-state index in [0.717, 1.165) is 10.4 Å². The molecular formula is C16H19NO2S. The van der Waals surface area contributed by atoms with Crippen molar-refractivity contribution in [3.05, 3.63) is 58.3 Å². The molecule has 0 radical (unpaired) electrons. The molecule has 1 aromatic heterocycles. The number of benzene rings is 1. The third-order valence-electron chi connectivity index (χ3n) is 3.21. The summed E-state index contributed by atoms with van der Waals surface area (Å²) in [4.78, 5) is 15.2. The normalized spacial score (nSPS) is 12.1. The Morgan fingerprint density at radius 2 is 2.00 bits per heavy atom. The molecule has 1 atom stereocenters. The number of nitrogens with zero attached hydrogens (tertiary/aromatic N) is 1. The van der Waals surface area contributed by atoms with Gasteiger partial charge in [-0.05, 0) is 23.9 Å². The molecule has 0 aliphatic carbocycles. The first kappa shape index (κ1) is 14.8. The van der Waals surface area contributed by atoms with Crippen molar-refractivity contribution in [3.63, 3.8) is 0 Å². The van der Waals surface area contributed by atoms with Crippen molar-refractivity contribution >= 4 is 17.2 Å². The fourth-order valence-electron chi connectivity index (χ4n) is 2.05. The van der Waals surface area contributed by atoms with Gasteiger partial charge < -0.3 is 10.0 Å². The van der Waals surface area contributed by atoms with E-state index < -0.39 is 6.10 Å². The van der Waals surface area contributed by atoms with E-state index in [1.807, 2.05) is 54.8 Å². The Morgan fingerprint density at radius 3 is 2.60 bits per heavy atom. The molecular weight excluding hydrogens is 270 g/mol. The van der Waals surface area contributed by atoms with E-state index in [2.05, 4.69) is 0 Å². The largest absolute Gasteiger partial charge is 0.388 e. The molecule has 0 unspecified atom stereocenters. The average molecular weight is 289 g/mol. The van der Waals surface area contributed by atoms with Crippen molar-refractivity contribution in [3.8, 4) is 0 Å². The van der Waals surface area contributed by atoms with Crippen LogP contribution >= 0.6 is 11.3 Å². The lowest BCUT2D eigenvalue weighted by atomic mass is 10.1. The molecule has 106 valence electrons. The highest BCUT2D eigenvalue weighted by Crippen LogP contribution is 2.19. The van der Waals surface area contributed by atoms with Gasteiger partial charge in [-0.1, -0.05) is 36.4 Å². The van der Waals surface area contributed by atoms with E-state index >= 15 is 0 Å². The third-order valence-corrected chi connectivity index (χ3v) is 4.07. The zero-order valence-electron chi connectivity index (χ0n) is 11.5. The number of aliphatic hydroxyl groups excluding tert-OH is 1. The molecule has 0 spiro atoms. The van der Waals surface area contributed by atoms with Gasteiger partial charge in [0.2, 0.25) is 5.91 Å². The van der Waals surface area contributed by atoms with E-state index in [9.17, 15) is 9.90 Å². The molecule has 1 N–H and O–H groups in total. The number of aliphatic hydroxyl groups is 1. The number of thiophene rings is 1. The molecule has 3 nitrogen and oxygen atoms in total. The van der Waals surface area contributed by atoms with E-state index in [-0.39, 0.29) is 12.3 Å². The SMILES string of the molecule is CCN(Cc1cccs1)C(=O)C[C@H](O)c1ccccc1. The lowest BCUT2D eigenvalue weighted by molar-refractivity contribution is -0.133. The number of amides is 1. The molecule has 4 heteroatoms. The predicted molar refractivity (Wildman–Crippen MR) is 81.4 cm³/mol. The summed E-state index contributed by atoms with van der Waals surface area (Å²) in [6.45, 7) is 3.23. The summed E-state index contributed by atoms with van der Waals surface area (Å²) in [5.41, 5.74) is 0.785. The fraction of sp³-hybridized carbons (Fsp3) is 0.312. The van der Waals surface area contributed by atoms with Crippen LogP contribution in [0.1, 0.15) is 29.9 Å². The highest BCUT2D eigenvalue weighted by atomic mass is 32.1. The Labute approximate surface area is 123 Å². The van der Waals surface area contributed by atoms with Gasteiger partial charge in [0.1, 0.15) is 0 Å². The van der Waals surface area contributed by atoms with Gasteiger partial charge in [-0.15, -0.1) is 11.3 Å². The summed E-state index contributed by atoms with van der Waals surface area (Å²) in [5.74, 6) is -0.0164. The van der Waals surface area contributed by atoms with E-state index in [0.29, 0.717) is 13.1 Å². The number of carbonyl (C=O) groups is 1. The lowest BCUT2D eigenvalue weighted by Crippen LogP contribution is -2.31. The van der Waals surface area contributed by atoms with E-state index in [4.69, 9.17) is 0 Å². The Morgan fingerprint density at radius 1 is 1.25 bits per heavy atom. The molecule has 0 saturated carbocycles. The first-order chi connectivity index (χ1) is 9.70. The van der Waals surface area contributed by atoms with Crippen molar-refractivity contribution in [2.45, 2.75) is 26.0 Å². The molecule has 0 aliphatic rings. The fourth-order valence-corrected chi connectivity index (χ4v) is 2.77. The van der Waals surface area contributed by atoms with Crippen LogP contribution in [-0.4, -0.2) is 22.5 Å². The van der Waals surface area contributed by atoms with Crippen LogP contribution in [0.4, 0.5) is 0 Å². The standard InChI is InChI=1S/C16H19NO2S/c1-2-17(12-14-9-6-10-20-14)16(19)11-15(18)13-7-4-3-5-8-13/h3-10,15,18H,2,11-12H2,1H3/t15-/m0/s1. The number of hydrogen-bond acceptors (Lipinski definition) is 3. The van der Waals surface area contributed by atoms with Crippen molar-refractivity contribution in [1.29, 1.82) is 0 Å². The minimum Gasteiger partial charge on any atom is -0.388 e. The van der Waals surface area contributed by atoms with Crippen LogP contribution in [-0.2, 0) is 11.3 Å². The Bertz CT molecular complexity index is 525. The van der Waals surface area contributed by atoms with Crippen LogP contribution in [0.5, 0.6) is 0 Å². The number of hydrogen-bond donors (Lipinski definition) is 1. The Balaban J connectivity index is 1.95. The van der Waals surface area contributed by atoms with Crippen molar-refractivity contribution in [2.24, 2.45) is 0 Å². The van der Waals surface area contributed by atoms with Crippen LogP contribution in [0.15, 0.2) is 47.8 Å². The molecule has 1 amide bonds. The zero-order valence-corrected chi connectivity index (χ0v) is 12.3. The monoisotopic (exact) mass is 289 g/mol. The average Bonchev–Trinajstić information content (AvgIpc) is 2.98. The summed E-state index contributed by atoms with van der Waals surface area (Å²) in [7, 11) is 0. The minimum atomic E-state index is -0.735. The van der Waals surface area contributed by atoms with Gasteiger partial charge in [-0.25, -0.2) is 0 Å². The third kappa shape index (κ3) is 3.92. The van der Waals surface area contributed by atoms with E-state index in [1.54, 1.807) is 16.2 Å². The quantitative estimate of drug-likeness (QED) is 0.887. The highest BCUT2D eigenvalue weighted by molar-refractivity contribution is 7.09. The maximum atomic E-state index is 12.3. The number of carbonyl (C=O) groups excluding carboxylic acids is 1. The minimum absolute atomic E-state index is 0.0164. The Kier molecular flexibility index (Phi) is 5.32. The van der Waals surface area contributed by atoms with Gasteiger partial charge in [-0.3, -0.25) is 4.79 Å². The van der Waals surface area contributed by atoms with Crippen molar-refractivity contribution in [2.75, 3.05) is 6.54 Å². The number of rotatable bonds is 6. The van der Waals surface area contributed by atoms with Crippen LogP contribution in [0.25, 0.3) is 0 Å². The van der Waals surface area contributed by atoms with Crippen LogP contribution in [0.2, 0.25) is 0 Å². The Hall–Kier alpha value is -1.65. The zero-order chi connectivity index (χ0) is 14.4. The summed E-state index contributed by atoms with van der Waals surface area (Å²) in [6, 6.07) is 13.3. The molecule has 0 bridgehead atoms. The van der Waals surface area contributed by atoms with E-state index in [1.165, 1.54) is 0 Å². The summed E-state index contributed by atoms with van der Waals surface area (Å²) in [6.07, 6.45) is -0.607. The highest BCUT2D eigenvalue weighted by Gasteiger charge is 2.18. The predicted octanol–water partition coefficient (Wildman–Crippen LogP) is 3.22. The summed E-state index contributed by atoms with van der Waals surface area (Å²) in [5, 5.41) is 12.1. The summed E-state index contributed by atoms with van der Waals surface area (Å²) >= 11 is 1.64. The molecule has 1 aromatic carbocycles. The smallest absolute Gasteiger partial charge is 0.225 e. The molecule has 0 fully saturated rings. The first-order valence-electron chi connectivity index (χ1n) is 6.74. The second-order valence-electron chi connectivity index (χ2n) is 4.62. The van der Waals surface area contributed by atoms with Crippen LogP contribution < -0.4 is 0 Å². The summed E-state index contributed by atoms with van der Waals surface area (Å²) < 4.78 is 0. The van der Waals surface area contributed by atoms with Crippen molar-refractivity contribution < 1.29 is 9.90 Å². The topological polar surface area (TPSA) is 40.5 Å². The van der Waals surface area contributed by atoms with Gasteiger partial charge in [0.25, 0.3) is 0 Å². The first-order valence-corrected chi connectivity index (χ1v) is 7.62. The molecule has 20 heavy (non-hydrogen) atoms. The molecule has 1 heterocycles. The molecule has 0 saturated heterocycles.